The predicted octanol–water partition coefficient (Wildman–Crippen LogP) is 5.41. The summed E-state index contributed by atoms with van der Waals surface area (Å²) < 4.78 is 27.0. The maximum atomic E-state index is 13.5. The Morgan fingerprint density at radius 2 is 1.77 bits per heavy atom. The lowest BCUT2D eigenvalue weighted by Crippen LogP contribution is -2.32. The van der Waals surface area contributed by atoms with Gasteiger partial charge in [0.05, 0.1) is 4.90 Å². The van der Waals surface area contributed by atoms with Gasteiger partial charge in [-0.3, -0.25) is 4.90 Å². The number of benzene rings is 3. The maximum Gasteiger partial charge on any atom is 0.222 e. The molecule has 4 nitrogen and oxygen atoms in total. The van der Waals surface area contributed by atoms with E-state index in [0.29, 0.717) is 10.9 Å². The Bertz CT molecular complexity index is 1420. The third-order valence-electron chi connectivity index (χ3n) is 6.77. The zero-order valence-corrected chi connectivity index (χ0v) is 18.0. The first kappa shape index (κ1) is 18.8. The molecular formula is C26H24N2O2S. The van der Waals surface area contributed by atoms with Crippen molar-refractivity contribution in [3.63, 3.8) is 0 Å². The van der Waals surface area contributed by atoms with E-state index < -0.39 is 9.84 Å². The van der Waals surface area contributed by atoms with E-state index in [-0.39, 0.29) is 5.03 Å². The lowest BCUT2D eigenvalue weighted by atomic mass is 9.94. The highest BCUT2D eigenvalue weighted by atomic mass is 32.2. The van der Waals surface area contributed by atoms with Crippen LogP contribution in [0.2, 0.25) is 0 Å². The molecule has 0 saturated carbocycles. The van der Waals surface area contributed by atoms with Crippen LogP contribution in [-0.2, 0) is 9.84 Å². The van der Waals surface area contributed by atoms with Gasteiger partial charge in [0, 0.05) is 28.9 Å². The first-order chi connectivity index (χ1) is 15.1. The fraction of sp³-hybridized carbons (Fsp3) is 0.231. The van der Waals surface area contributed by atoms with Crippen molar-refractivity contribution in [2.24, 2.45) is 0 Å². The minimum absolute atomic E-state index is 0.238. The van der Waals surface area contributed by atoms with E-state index in [1.165, 1.54) is 30.5 Å². The van der Waals surface area contributed by atoms with Crippen LogP contribution in [0.15, 0.2) is 82.7 Å². The van der Waals surface area contributed by atoms with Gasteiger partial charge in [-0.05, 0) is 66.6 Å². The smallest absolute Gasteiger partial charge is 0.222 e. The highest BCUT2D eigenvalue weighted by Gasteiger charge is 2.27. The summed E-state index contributed by atoms with van der Waals surface area (Å²) in [6.07, 6.45) is 5.99. The number of aromatic amines is 1. The summed E-state index contributed by atoms with van der Waals surface area (Å²) in [6, 6.07) is 21.7. The van der Waals surface area contributed by atoms with Gasteiger partial charge in [-0.25, -0.2) is 8.42 Å². The SMILES string of the molecule is O=S(=O)(c1cc2ccccc2[nH]1)c1cccc2cc(C3=C[C@H]4CCCN4CC3)ccc12. The minimum Gasteiger partial charge on any atom is -0.345 e. The Hall–Kier alpha value is -2.89. The molecule has 0 radical (unpaired) electrons. The number of fused-ring (bicyclic) bond motifs is 3. The van der Waals surface area contributed by atoms with Gasteiger partial charge in [0.1, 0.15) is 5.03 Å². The molecule has 6 rings (SSSR count). The van der Waals surface area contributed by atoms with Gasteiger partial charge >= 0.3 is 0 Å². The highest BCUT2D eigenvalue weighted by molar-refractivity contribution is 7.91. The Kier molecular flexibility index (Phi) is 4.30. The van der Waals surface area contributed by atoms with Gasteiger partial charge in [-0.1, -0.05) is 48.5 Å². The zero-order chi connectivity index (χ0) is 21.0. The topological polar surface area (TPSA) is 53.2 Å². The van der Waals surface area contributed by atoms with E-state index in [1.807, 2.05) is 42.5 Å². The zero-order valence-electron chi connectivity index (χ0n) is 17.2. The number of aromatic nitrogens is 1. The molecule has 4 aromatic rings. The minimum atomic E-state index is -3.65. The largest absolute Gasteiger partial charge is 0.345 e. The van der Waals surface area contributed by atoms with Gasteiger partial charge in [-0.15, -0.1) is 0 Å². The van der Waals surface area contributed by atoms with Gasteiger partial charge in [0.25, 0.3) is 0 Å². The first-order valence-electron chi connectivity index (χ1n) is 10.9. The fourth-order valence-electron chi connectivity index (χ4n) is 5.14. The molecule has 2 aliphatic heterocycles. The summed E-state index contributed by atoms with van der Waals surface area (Å²) in [4.78, 5) is 6.00. The molecule has 2 aliphatic rings. The van der Waals surface area contributed by atoms with Gasteiger partial charge in [0.15, 0.2) is 0 Å². The molecule has 1 aromatic heterocycles. The lowest BCUT2D eigenvalue weighted by molar-refractivity contribution is 0.288. The number of rotatable bonds is 3. The number of H-pyrrole nitrogens is 1. The summed E-state index contributed by atoms with van der Waals surface area (Å²) >= 11 is 0. The van der Waals surface area contributed by atoms with Crippen molar-refractivity contribution in [3.8, 4) is 0 Å². The summed E-state index contributed by atoms with van der Waals surface area (Å²) in [5.41, 5.74) is 3.42. The van der Waals surface area contributed by atoms with Crippen LogP contribution >= 0.6 is 0 Å². The quantitative estimate of drug-likeness (QED) is 0.475. The molecule has 1 saturated heterocycles. The molecule has 0 amide bonds. The Morgan fingerprint density at radius 1 is 0.903 bits per heavy atom. The Balaban J connectivity index is 1.43. The summed E-state index contributed by atoms with van der Waals surface area (Å²) in [7, 11) is -3.65. The number of hydrogen-bond donors (Lipinski definition) is 1. The van der Waals surface area contributed by atoms with Crippen molar-refractivity contribution in [1.82, 2.24) is 9.88 Å². The van der Waals surface area contributed by atoms with Crippen LogP contribution < -0.4 is 0 Å². The Labute approximate surface area is 182 Å². The van der Waals surface area contributed by atoms with Crippen LogP contribution in [0.3, 0.4) is 0 Å². The van der Waals surface area contributed by atoms with Crippen LogP contribution in [0.25, 0.3) is 27.2 Å². The predicted molar refractivity (Wildman–Crippen MR) is 125 cm³/mol. The maximum absolute atomic E-state index is 13.5. The number of hydrogen-bond acceptors (Lipinski definition) is 3. The van der Waals surface area contributed by atoms with E-state index >= 15 is 0 Å². The van der Waals surface area contributed by atoms with Gasteiger partial charge in [-0.2, -0.15) is 0 Å². The molecular weight excluding hydrogens is 404 g/mol. The molecule has 1 atom stereocenters. The van der Waals surface area contributed by atoms with Crippen molar-refractivity contribution in [3.05, 3.63) is 78.4 Å². The molecule has 1 N–H and O–H groups in total. The van der Waals surface area contributed by atoms with E-state index in [1.54, 1.807) is 12.1 Å². The van der Waals surface area contributed by atoms with Crippen molar-refractivity contribution >= 4 is 37.1 Å². The number of para-hydroxylation sites is 1. The van der Waals surface area contributed by atoms with Crippen LogP contribution in [-0.4, -0.2) is 37.4 Å². The lowest BCUT2D eigenvalue weighted by Gasteiger charge is -2.28. The summed E-state index contributed by atoms with van der Waals surface area (Å²) in [6.45, 7) is 2.32. The van der Waals surface area contributed by atoms with E-state index in [4.69, 9.17) is 0 Å². The molecule has 31 heavy (non-hydrogen) atoms. The first-order valence-corrected chi connectivity index (χ1v) is 12.4. The van der Waals surface area contributed by atoms with Crippen molar-refractivity contribution in [1.29, 1.82) is 0 Å². The number of nitrogens with one attached hydrogen (secondary N) is 1. The molecule has 0 spiro atoms. The molecule has 3 aromatic carbocycles. The van der Waals surface area contributed by atoms with E-state index in [9.17, 15) is 8.42 Å². The third-order valence-corrected chi connectivity index (χ3v) is 8.51. The van der Waals surface area contributed by atoms with Crippen LogP contribution in [0.1, 0.15) is 24.8 Å². The average molecular weight is 429 g/mol. The average Bonchev–Trinajstić information content (AvgIpc) is 3.45. The van der Waals surface area contributed by atoms with Gasteiger partial charge < -0.3 is 4.98 Å². The Morgan fingerprint density at radius 3 is 2.68 bits per heavy atom. The molecule has 5 heteroatoms. The van der Waals surface area contributed by atoms with Gasteiger partial charge in [0.2, 0.25) is 9.84 Å². The van der Waals surface area contributed by atoms with Crippen LogP contribution in [0.4, 0.5) is 0 Å². The fourth-order valence-corrected chi connectivity index (χ4v) is 6.63. The second-order valence-electron chi connectivity index (χ2n) is 8.60. The molecule has 0 bridgehead atoms. The second-order valence-corrected chi connectivity index (χ2v) is 10.5. The monoisotopic (exact) mass is 428 g/mol. The standard InChI is InChI=1S/C26H24N2O2S/c29-31(30,26-17-21-5-1-2-8-24(21)27-26)25-9-3-6-20-15-18(10-11-23(20)25)19-12-14-28-13-4-7-22(28)16-19/h1-3,5-6,8-11,15-17,22,27H,4,7,12-14H2/t22-/m1/s1. The van der Waals surface area contributed by atoms with E-state index in [2.05, 4.69) is 28.1 Å². The second kappa shape index (κ2) is 7.08. The van der Waals surface area contributed by atoms with Crippen LogP contribution in [0, 0.1) is 0 Å². The summed E-state index contributed by atoms with van der Waals surface area (Å²) in [5.74, 6) is 0. The number of nitrogens with zero attached hydrogens (tertiary/aromatic N) is 1. The van der Waals surface area contributed by atoms with Crippen molar-refractivity contribution < 1.29 is 8.42 Å². The molecule has 0 unspecified atom stereocenters. The molecule has 3 heterocycles. The molecule has 156 valence electrons. The third kappa shape index (κ3) is 3.11. The summed E-state index contributed by atoms with van der Waals surface area (Å²) in [5, 5.41) is 2.86. The highest BCUT2D eigenvalue weighted by Crippen LogP contribution is 2.34. The molecule has 0 aliphatic carbocycles. The normalized spacial score (nSPS) is 19.6. The number of sulfone groups is 1. The van der Waals surface area contributed by atoms with E-state index in [0.717, 1.165) is 34.6 Å². The van der Waals surface area contributed by atoms with Crippen molar-refractivity contribution in [2.45, 2.75) is 35.2 Å². The van der Waals surface area contributed by atoms with Crippen LogP contribution in [0.5, 0.6) is 0 Å². The molecule has 1 fully saturated rings. The van der Waals surface area contributed by atoms with Crippen molar-refractivity contribution in [2.75, 3.05) is 13.1 Å².